The molecule has 0 radical (unpaired) electrons. The fourth-order valence-electron chi connectivity index (χ4n) is 1.88. The van der Waals surface area contributed by atoms with Crippen LogP contribution >= 0.6 is 22.6 Å². The molecule has 2 N–H and O–H groups in total. The first-order valence-electron chi connectivity index (χ1n) is 4.86. The van der Waals surface area contributed by atoms with Crippen LogP contribution in [0.1, 0.15) is 17.9 Å². The summed E-state index contributed by atoms with van der Waals surface area (Å²) in [6.45, 7) is 1.53. The summed E-state index contributed by atoms with van der Waals surface area (Å²) in [4.78, 5) is 0. The average Bonchev–Trinajstić information content (AvgIpc) is 2.20. The first kappa shape index (κ1) is 10.4. The lowest BCUT2D eigenvalue weighted by Gasteiger charge is -2.29. The van der Waals surface area contributed by atoms with Crippen LogP contribution in [0.15, 0.2) is 24.3 Å². The molecule has 2 rings (SSSR count). The smallest absolute Gasteiger partial charge is 0.0623 e. The molecular weight excluding hydrogens is 289 g/mol. The molecule has 1 heterocycles. The number of rotatable bonds is 1. The van der Waals surface area contributed by atoms with Crippen molar-refractivity contribution in [3.8, 4) is 0 Å². The van der Waals surface area contributed by atoms with Crippen LogP contribution in [0.5, 0.6) is 0 Å². The van der Waals surface area contributed by atoms with Crippen LogP contribution < -0.4 is 5.73 Å². The van der Waals surface area contributed by atoms with Crippen LogP contribution in [0, 0.1) is 3.57 Å². The minimum absolute atomic E-state index is 0.156. The summed E-state index contributed by atoms with van der Waals surface area (Å²) in [5, 5.41) is 0. The number of hydrogen-bond acceptors (Lipinski definition) is 2. The van der Waals surface area contributed by atoms with Gasteiger partial charge in [-0.2, -0.15) is 0 Å². The fraction of sp³-hybridized carbons (Fsp3) is 0.455. The van der Waals surface area contributed by atoms with Crippen molar-refractivity contribution >= 4 is 22.6 Å². The predicted molar refractivity (Wildman–Crippen MR) is 65.3 cm³/mol. The van der Waals surface area contributed by atoms with Gasteiger partial charge < -0.3 is 10.5 Å². The lowest BCUT2D eigenvalue weighted by atomic mass is 9.88. The summed E-state index contributed by atoms with van der Waals surface area (Å²) in [7, 11) is 0. The van der Waals surface area contributed by atoms with Crippen LogP contribution in [-0.4, -0.2) is 19.3 Å². The third-order valence-corrected chi connectivity index (χ3v) is 3.42. The van der Waals surface area contributed by atoms with E-state index in [2.05, 4.69) is 46.9 Å². The quantitative estimate of drug-likeness (QED) is 0.807. The van der Waals surface area contributed by atoms with Crippen LogP contribution in [0.25, 0.3) is 0 Å². The van der Waals surface area contributed by atoms with E-state index in [0.717, 1.165) is 13.0 Å². The van der Waals surface area contributed by atoms with E-state index < -0.39 is 0 Å². The van der Waals surface area contributed by atoms with Crippen LogP contribution in [0.4, 0.5) is 0 Å². The van der Waals surface area contributed by atoms with E-state index in [4.69, 9.17) is 10.5 Å². The zero-order valence-electron chi connectivity index (χ0n) is 7.95. The number of halogens is 1. The second-order valence-electron chi connectivity index (χ2n) is 3.69. The normalized spacial score (nSPS) is 27.6. The largest absolute Gasteiger partial charge is 0.380 e. The SMILES string of the molecule is N[C@@H]1COCC[C@@H]1c1ccc(I)cc1. The summed E-state index contributed by atoms with van der Waals surface area (Å²) in [5.74, 6) is 0.473. The molecule has 1 saturated heterocycles. The van der Waals surface area contributed by atoms with E-state index in [1.54, 1.807) is 0 Å². The summed E-state index contributed by atoms with van der Waals surface area (Å²) < 4.78 is 6.60. The van der Waals surface area contributed by atoms with Crippen LogP contribution in [-0.2, 0) is 4.74 Å². The molecule has 76 valence electrons. The zero-order valence-corrected chi connectivity index (χ0v) is 10.1. The van der Waals surface area contributed by atoms with Crippen molar-refractivity contribution in [2.45, 2.75) is 18.4 Å². The maximum Gasteiger partial charge on any atom is 0.0623 e. The first-order valence-corrected chi connectivity index (χ1v) is 5.94. The van der Waals surface area contributed by atoms with E-state index in [-0.39, 0.29) is 6.04 Å². The standard InChI is InChI=1S/C11H14INO/c12-9-3-1-8(2-4-9)10-5-6-14-7-11(10)13/h1-4,10-11H,5-7,13H2/t10-,11-/m1/s1. The lowest BCUT2D eigenvalue weighted by Crippen LogP contribution is -2.37. The molecule has 0 spiro atoms. The van der Waals surface area contributed by atoms with Crippen molar-refractivity contribution in [3.63, 3.8) is 0 Å². The van der Waals surface area contributed by atoms with E-state index in [1.807, 2.05) is 0 Å². The Labute approximate surface area is 98.0 Å². The van der Waals surface area contributed by atoms with Crippen molar-refractivity contribution < 1.29 is 4.74 Å². The Bertz CT molecular complexity index is 299. The zero-order chi connectivity index (χ0) is 9.97. The molecule has 1 aliphatic heterocycles. The van der Waals surface area contributed by atoms with Crippen molar-refractivity contribution in [1.29, 1.82) is 0 Å². The molecule has 1 fully saturated rings. The summed E-state index contributed by atoms with van der Waals surface area (Å²) in [6.07, 6.45) is 1.04. The lowest BCUT2D eigenvalue weighted by molar-refractivity contribution is 0.0696. The third kappa shape index (κ3) is 2.27. The topological polar surface area (TPSA) is 35.2 Å². The van der Waals surface area contributed by atoms with Gasteiger partial charge in [0.15, 0.2) is 0 Å². The molecule has 0 bridgehead atoms. The Kier molecular flexibility index (Phi) is 3.41. The van der Waals surface area contributed by atoms with Crippen LogP contribution in [0.2, 0.25) is 0 Å². The van der Waals surface area contributed by atoms with Gasteiger partial charge in [-0.05, 0) is 46.7 Å². The van der Waals surface area contributed by atoms with Crippen LogP contribution in [0.3, 0.4) is 0 Å². The molecular formula is C11H14INO. The fourth-order valence-corrected chi connectivity index (χ4v) is 2.24. The van der Waals surface area contributed by atoms with E-state index >= 15 is 0 Å². The molecule has 1 aliphatic rings. The second-order valence-corrected chi connectivity index (χ2v) is 4.93. The number of nitrogens with two attached hydrogens (primary N) is 1. The van der Waals surface area contributed by atoms with Crippen molar-refractivity contribution in [3.05, 3.63) is 33.4 Å². The van der Waals surface area contributed by atoms with Crippen molar-refractivity contribution in [2.24, 2.45) is 5.73 Å². The third-order valence-electron chi connectivity index (χ3n) is 2.70. The summed E-state index contributed by atoms with van der Waals surface area (Å²) in [6, 6.07) is 8.79. The van der Waals surface area contributed by atoms with Gasteiger partial charge >= 0.3 is 0 Å². The van der Waals surface area contributed by atoms with Gasteiger partial charge in [0.05, 0.1) is 6.61 Å². The monoisotopic (exact) mass is 303 g/mol. The Morgan fingerprint density at radius 3 is 2.64 bits per heavy atom. The van der Waals surface area contributed by atoms with Gasteiger partial charge in [-0.3, -0.25) is 0 Å². The molecule has 1 aromatic rings. The Balaban J connectivity index is 2.16. The second kappa shape index (κ2) is 4.59. The molecule has 0 aromatic heterocycles. The molecule has 0 saturated carbocycles. The number of ether oxygens (including phenoxy) is 1. The van der Waals surface area contributed by atoms with Crippen molar-refractivity contribution in [2.75, 3.05) is 13.2 Å². The predicted octanol–water partition coefficient (Wildman–Crippen LogP) is 2.12. The van der Waals surface area contributed by atoms with Gasteiger partial charge in [-0.1, -0.05) is 12.1 Å². The van der Waals surface area contributed by atoms with Gasteiger partial charge in [-0.25, -0.2) is 0 Å². The minimum atomic E-state index is 0.156. The Morgan fingerprint density at radius 2 is 2.00 bits per heavy atom. The van der Waals surface area contributed by atoms with E-state index in [1.165, 1.54) is 9.13 Å². The molecule has 0 amide bonds. The first-order chi connectivity index (χ1) is 6.77. The summed E-state index contributed by atoms with van der Waals surface area (Å²) in [5.41, 5.74) is 7.37. The maximum absolute atomic E-state index is 6.02. The van der Waals surface area contributed by atoms with Gasteiger partial charge in [-0.15, -0.1) is 0 Å². The van der Waals surface area contributed by atoms with E-state index in [9.17, 15) is 0 Å². The van der Waals surface area contributed by atoms with E-state index in [0.29, 0.717) is 12.5 Å². The highest BCUT2D eigenvalue weighted by molar-refractivity contribution is 14.1. The van der Waals surface area contributed by atoms with Gasteiger partial charge in [0, 0.05) is 22.1 Å². The molecule has 3 heteroatoms. The molecule has 14 heavy (non-hydrogen) atoms. The highest BCUT2D eigenvalue weighted by Crippen LogP contribution is 2.26. The summed E-state index contributed by atoms with van der Waals surface area (Å²) >= 11 is 2.32. The molecule has 0 aliphatic carbocycles. The van der Waals surface area contributed by atoms with Gasteiger partial charge in [0.25, 0.3) is 0 Å². The van der Waals surface area contributed by atoms with Crippen molar-refractivity contribution in [1.82, 2.24) is 0 Å². The highest BCUT2D eigenvalue weighted by atomic mass is 127. The Hall–Kier alpha value is -0.130. The Morgan fingerprint density at radius 1 is 1.29 bits per heavy atom. The maximum atomic E-state index is 6.02. The molecule has 0 unspecified atom stereocenters. The number of benzene rings is 1. The van der Waals surface area contributed by atoms with Gasteiger partial charge in [0.1, 0.15) is 0 Å². The molecule has 2 nitrogen and oxygen atoms in total. The average molecular weight is 303 g/mol. The van der Waals surface area contributed by atoms with Gasteiger partial charge in [0.2, 0.25) is 0 Å². The number of hydrogen-bond donors (Lipinski definition) is 1. The minimum Gasteiger partial charge on any atom is -0.380 e. The molecule has 2 atom stereocenters. The highest BCUT2D eigenvalue weighted by Gasteiger charge is 2.23. The molecule has 1 aromatic carbocycles.